The molecule has 0 spiro atoms. The van der Waals surface area contributed by atoms with Crippen molar-refractivity contribution in [1.82, 2.24) is 5.32 Å². The van der Waals surface area contributed by atoms with Crippen LogP contribution < -0.4 is 5.32 Å². The van der Waals surface area contributed by atoms with Gasteiger partial charge in [0.2, 0.25) is 0 Å². The molecule has 3 heteroatoms. The average Bonchev–Trinajstić information content (AvgIpc) is 2.38. The minimum Gasteiger partial charge on any atom is -0.372 e. The number of nitrogens with zero attached hydrogens (tertiary/aromatic N) is 1. The Hall–Kier alpha value is -1.37. The number of aryl methyl sites for hydroxylation is 1. The topological polar surface area (TPSA) is 45.0 Å². The SMILES string of the molecule is Cc1cc(C#N)ccc1CO[C@H]1CCCNC1. The second-order valence-corrected chi connectivity index (χ2v) is 4.53. The molecule has 0 amide bonds. The zero-order valence-corrected chi connectivity index (χ0v) is 10.2. The lowest BCUT2D eigenvalue weighted by atomic mass is 10.1. The predicted molar refractivity (Wildman–Crippen MR) is 66.6 cm³/mol. The first-order valence-electron chi connectivity index (χ1n) is 6.11. The Labute approximate surface area is 102 Å². The highest BCUT2D eigenvalue weighted by atomic mass is 16.5. The van der Waals surface area contributed by atoms with Gasteiger partial charge in [0.05, 0.1) is 24.3 Å². The van der Waals surface area contributed by atoms with Gasteiger partial charge in [-0.25, -0.2) is 0 Å². The Morgan fingerprint density at radius 3 is 3.06 bits per heavy atom. The maximum Gasteiger partial charge on any atom is 0.0991 e. The zero-order valence-electron chi connectivity index (χ0n) is 10.2. The van der Waals surface area contributed by atoms with Gasteiger partial charge in [-0.05, 0) is 49.6 Å². The summed E-state index contributed by atoms with van der Waals surface area (Å²) in [7, 11) is 0. The molecule has 0 radical (unpaired) electrons. The number of piperidine rings is 1. The zero-order chi connectivity index (χ0) is 12.1. The quantitative estimate of drug-likeness (QED) is 0.865. The summed E-state index contributed by atoms with van der Waals surface area (Å²) in [6, 6.07) is 7.91. The lowest BCUT2D eigenvalue weighted by Gasteiger charge is -2.23. The summed E-state index contributed by atoms with van der Waals surface area (Å²) in [6.07, 6.45) is 2.66. The molecule has 0 bridgehead atoms. The van der Waals surface area contributed by atoms with Gasteiger partial charge >= 0.3 is 0 Å². The maximum atomic E-state index is 8.80. The van der Waals surface area contributed by atoms with Crippen LogP contribution in [0.2, 0.25) is 0 Å². The van der Waals surface area contributed by atoms with Gasteiger partial charge in [-0.15, -0.1) is 0 Å². The van der Waals surface area contributed by atoms with Crippen molar-refractivity contribution < 1.29 is 4.74 Å². The summed E-state index contributed by atoms with van der Waals surface area (Å²) in [5.74, 6) is 0. The van der Waals surface area contributed by atoms with E-state index in [1.54, 1.807) is 0 Å². The molecule has 0 saturated carbocycles. The minimum atomic E-state index is 0.332. The fourth-order valence-electron chi connectivity index (χ4n) is 2.10. The van der Waals surface area contributed by atoms with E-state index < -0.39 is 0 Å². The van der Waals surface area contributed by atoms with E-state index in [1.807, 2.05) is 25.1 Å². The van der Waals surface area contributed by atoms with Crippen LogP contribution in [-0.4, -0.2) is 19.2 Å². The Morgan fingerprint density at radius 2 is 2.41 bits per heavy atom. The first kappa shape index (κ1) is 12.1. The van der Waals surface area contributed by atoms with E-state index in [9.17, 15) is 0 Å². The molecule has 1 aliphatic heterocycles. The number of nitriles is 1. The van der Waals surface area contributed by atoms with Crippen LogP contribution >= 0.6 is 0 Å². The third-order valence-corrected chi connectivity index (χ3v) is 3.20. The van der Waals surface area contributed by atoms with Crippen LogP contribution in [0.5, 0.6) is 0 Å². The van der Waals surface area contributed by atoms with Gasteiger partial charge in [0, 0.05) is 6.54 Å². The molecule has 3 nitrogen and oxygen atoms in total. The van der Waals surface area contributed by atoms with Crippen molar-refractivity contribution in [3.63, 3.8) is 0 Å². The molecule has 1 saturated heterocycles. The van der Waals surface area contributed by atoms with E-state index in [4.69, 9.17) is 10.00 Å². The fourth-order valence-corrected chi connectivity index (χ4v) is 2.10. The number of rotatable bonds is 3. The van der Waals surface area contributed by atoms with Crippen molar-refractivity contribution in [2.75, 3.05) is 13.1 Å². The van der Waals surface area contributed by atoms with E-state index in [0.29, 0.717) is 18.3 Å². The van der Waals surface area contributed by atoms with Gasteiger partial charge in [-0.2, -0.15) is 5.26 Å². The van der Waals surface area contributed by atoms with Crippen LogP contribution in [0.3, 0.4) is 0 Å². The molecule has 1 heterocycles. The van der Waals surface area contributed by atoms with Crippen LogP contribution in [0.25, 0.3) is 0 Å². The van der Waals surface area contributed by atoms with Crippen LogP contribution in [0.4, 0.5) is 0 Å². The molecular formula is C14H18N2O. The summed E-state index contributed by atoms with van der Waals surface area (Å²) < 4.78 is 5.88. The number of nitrogens with one attached hydrogen (secondary N) is 1. The highest BCUT2D eigenvalue weighted by Gasteiger charge is 2.13. The summed E-state index contributed by atoms with van der Waals surface area (Å²) in [6.45, 7) is 4.73. The van der Waals surface area contributed by atoms with Gasteiger partial charge in [0.1, 0.15) is 0 Å². The van der Waals surface area contributed by atoms with Gasteiger partial charge < -0.3 is 10.1 Å². The van der Waals surface area contributed by atoms with E-state index in [2.05, 4.69) is 11.4 Å². The van der Waals surface area contributed by atoms with Gasteiger partial charge in [0.15, 0.2) is 0 Å². The van der Waals surface area contributed by atoms with Gasteiger partial charge in [-0.1, -0.05) is 6.07 Å². The lowest BCUT2D eigenvalue weighted by molar-refractivity contribution is 0.0250. The molecule has 0 aliphatic carbocycles. The van der Waals surface area contributed by atoms with Crippen molar-refractivity contribution in [1.29, 1.82) is 5.26 Å². The number of hydrogen-bond donors (Lipinski definition) is 1. The molecule has 1 N–H and O–H groups in total. The molecule has 90 valence electrons. The molecule has 1 aromatic carbocycles. The first-order valence-corrected chi connectivity index (χ1v) is 6.11. The lowest BCUT2D eigenvalue weighted by Crippen LogP contribution is -2.35. The third kappa shape index (κ3) is 3.29. The average molecular weight is 230 g/mol. The van der Waals surface area contributed by atoms with E-state index in [1.165, 1.54) is 12.0 Å². The van der Waals surface area contributed by atoms with Crippen molar-refractivity contribution >= 4 is 0 Å². The van der Waals surface area contributed by atoms with E-state index >= 15 is 0 Å². The summed E-state index contributed by atoms with van der Waals surface area (Å²) in [5.41, 5.74) is 3.02. The van der Waals surface area contributed by atoms with E-state index in [-0.39, 0.29) is 0 Å². The summed E-state index contributed by atoms with van der Waals surface area (Å²) >= 11 is 0. The monoisotopic (exact) mass is 230 g/mol. The van der Waals surface area contributed by atoms with Crippen molar-refractivity contribution in [2.45, 2.75) is 32.5 Å². The molecule has 1 atom stereocenters. The van der Waals surface area contributed by atoms with E-state index in [0.717, 1.165) is 25.1 Å². The highest BCUT2D eigenvalue weighted by Crippen LogP contribution is 2.14. The molecule has 17 heavy (non-hydrogen) atoms. The standard InChI is InChI=1S/C14H18N2O/c1-11-7-12(8-15)4-5-13(11)10-17-14-3-2-6-16-9-14/h4-5,7,14,16H,2-3,6,9-10H2,1H3/t14-/m0/s1. The van der Waals surface area contributed by atoms with Crippen molar-refractivity contribution in [2.24, 2.45) is 0 Å². The van der Waals surface area contributed by atoms with Crippen LogP contribution in [0, 0.1) is 18.3 Å². The Bertz CT molecular complexity index is 417. The second kappa shape index (κ2) is 5.81. The molecule has 1 fully saturated rings. The van der Waals surface area contributed by atoms with Crippen LogP contribution in [0.15, 0.2) is 18.2 Å². The van der Waals surface area contributed by atoms with Crippen LogP contribution in [0.1, 0.15) is 29.5 Å². The molecular weight excluding hydrogens is 212 g/mol. The number of ether oxygens (including phenoxy) is 1. The molecule has 1 aliphatic rings. The second-order valence-electron chi connectivity index (χ2n) is 4.53. The third-order valence-electron chi connectivity index (χ3n) is 3.20. The predicted octanol–water partition coefficient (Wildman–Crippen LogP) is 2.14. The highest BCUT2D eigenvalue weighted by molar-refractivity contribution is 5.37. The number of benzene rings is 1. The smallest absolute Gasteiger partial charge is 0.0991 e. The Kier molecular flexibility index (Phi) is 4.13. The number of hydrogen-bond acceptors (Lipinski definition) is 3. The van der Waals surface area contributed by atoms with Gasteiger partial charge in [-0.3, -0.25) is 0 Å². The van der Waals surface area contributed by atoms with Gasteiger partial charge in [0.25, 0.3) is 0 Å². The first-order chi connectivity index (χ1) is 8.29. The normalized spacial score (nSPS) is 19.9. The van der Waals surface area contributed by atoms with Crippen molar-refractivity contribution in [3.05, 3.63) is 34.9 Å². The Morgan fingerprint density at radius 1 is 1.53 bits per heavy atom. The molecule has 0 unspecified atom stereocenters. The molecule has 1 aromatic rings. The largest absolute Gasteiger partial charge is 0.372 e. The summed E-state index contributed by atoms with van der Waals surface area (Å²) in [4.78, 5) is 0. The summed E-state index contributed by atoms with van der Waals surface area (Å²) in [5, 5.41) is 12.1. The van der Waals surface area contributed by atoms with Crippen molar-refractivity contribution in [3.8, 4) is 6.07 Å². The maximum absolute atomic E-state index is 8.80. The minimum absolute atomic E-state index is 0.332. The fraction of sp³-hybridized carbons (Fsp3) is 0.500. The van der Waals surface area contributed by atoms with Crippen LogP contribution in [-0.2, 0) is 11.3 Å². The molecule has 0 aromatic heterocycles. The molecule has 2 rings (SSSR count). The Balaban J connectivity index is 1.92.